The van der Waals surface area contributed by atoms with Gasteiger partial charge in [0.2, 0.25) is 5.91 Å². The lowest BCUT2D eigenvalue weighted by Crippen LogP contribution is -2.40. The van der Waals surface area contributed by atoms with E-state index in [0.29, 0.717) is 31.0 Å². The maximum absolute atomic E-state index is 11.0. The third kappa shape index (κ3) is 4.26. The van der Waals surface area contributed by atoms with Crippen molar-refractivity contribution in [3.63, 3.8) is 0 Å². The highest BCUT2D eigenvalue weighted by molar-refractivity contribution is 5.88. The van der Waals surface area contributed by atoms with Crippen LogP contribution < -0.4 is 10.6 Å². The fourth-order valence-corrected chi connectivity index (χ4v) is 3.45. The fourth-order valence-electron chi connectivity index (χ4n) is 3.45. The Morgan fingerprint density at radius 3 is 2.46 bits per heavy atom. The van der Waals surface area contributed by atoms with Crippen LogP contribution in [0.4, 0.5) is 10.5 Å². The zero-order valence-electron chi connectivity index (χ0n) is 14.0. The van der Waals surface area contributed by atoms with Crippen LogP contribution in [0.3, 0.4) is 0 Å². The summed E-state index contributed by atoms with van der Waals surface area (Å²) in [4.78, 5) is 23.4. The van der Waals surface area contributed by atoms with E-state index in [-0.39, 0.29) is 5.91 Å². The van der Waals surface area contributed by atoms with Gasteiger partial charge in [0, 0.05) is 37.7 Å². The fraction of sp³-hybridized carbons (Fsp3) is 0.556. The Labute approximate surface area is 142 Å². The maximum atomic E-state index is 11.0. The van der Waals surface area contributed by atoms with Crippen molar-refractivity contribution in [1.82, 2.24) is 10.2 Å². The van der Waals surface area contributed by atoms with Crippen LogP contribution in [0, 0.1) is 5.92 Å². The van der Waals surface area contributed by atoms with E-state index in [1.54, 1.807) is 0 Å². The highest BCUT2D eigenvalue weighted by atomic mass is 16.4. The SMILES string of the molecule is CC(=O)Nc1ccc(C2CC2NCC2CCN(C(=O)O)CC2)cc1. The molecular formula is C18H25N3O3. The molecule has 3 N–H and O–H groups in total. The van der Waals surface area contributed by atoms with E-state index in [9.17, 15) is 9.59 Å². The first-order valence-corrected chi connectivity index (χ1v) is 8.61. The number of carbonyl (C=O) groups excluding carboxylic acids is 1. The summed E-state index contributed by atoms with van der Waals surface area (Å²) in [7, 11) is 0. The molecular weight excluding hydrogens is 306 g/mol. The first-order chi connectivity index (χ1) is 11.5. The van der Waals surface area contributed by atoms with E-state index < -0.39 is 6.09 Å². The second-order valence-corrected chi connectivity index (χ2v) is 6.87. The molecule has 2 amide bonds. The standard InChI is InChI=1S/C18H25N3O3/c1-12(22)20-15-4-2-14(3-5-15)16-10-17(16)19-11-13-6-8-21(9-7-13)18(23)24/h2-5,13,16-17,19H,6-11H2,1H3,(H,20,22)(H,23,24). The van der Waals surface area contributed by atoms with Gasteiger partial charge >= 0.3 is 6.09 Å². The summed E-state index contributed by atoms with van der Waals surface area (Å²) in [6, 6.07) is 8.60. The summed E-state index contributed by atoms with van der Waals surface area (Å²) in [5.74, 6) is 1.07. The Morgan fingerprint density at radius 1 is 1.21 bits per heavy atom. The Balaban J connectivity index is 1.40. The van der Waals surface area contributed by atoms with E-state index >= 15 is 0 Å². The zero-order chi connectivity index (χ0) is 17.1. The van der Waals surface area contributed by atoms with Gasteiger partial charge in [-0.3, -0.25) is 4.79 Å². The number of hydrogen-bond acceptors (Lipinski definition) is 3. The van der Waals surface area contributed by atoms with Gasteiger partial charge in [-0.2, -0.15) is 0 Å². The van der Waals surface area contributed by atoms with Crippen molar-refractivity contribution in [2.24, 2.45) is 5.92 Å². The third-order valence-electron chi connectivity index (χ3n) is 5.00. The minimum absolute atomic E-state index is 0.0531. The Kier molecular flexibility index (Phi) is 5.04. The van der Waals surface area contributed by atoms with Gasteiger partial charge in [0.1, 0.15) is 0 Å². The number of nitrogens with zero attached hydrogens (tertiary/aromatic N) is 1. The molecule has 0 spiro atoms. The summed E-state index contributed by atoms with van der Waals surface area (Å²) < 4.78 is 0. The van der Waals surface area contributed by atoms with E-state index in [4.69, 9.17) is 5.11 Å². The van der Waals surface area contributed by atoms with Crippen molar-refractivity contribution in [2.45, 2.75) is 38.1 Å². The molecule has 0 radical (unpaired) electrons. The van der Waals surface area contributed by atoms with Crippen molar-refractivity contribution >= 4 is 17.7 Å². The third-order valence-corrected chi connectivity index (χ3v) is 5.00. The minimum atomic E-state index is -0.800. The number of carboxylic acid groups (broad SMARTS) is 1. The molecule has 2 fully saturated rings. The van der Waals surface area contributed by atoms with Gasteiger partial charge in [-0.1, -0.05) is 12.1 Å². The first-order valence-electron chi connectivity index (χ1n) is 8.61. The molecule has 1 saturated carbocycles. The largest absolute Gasteiger partial charge is 0.465 e. The van der Waals surface area contributed by atoms with Gasteiger partial charge in [0.05, 0.1) is 0 Å². The molecule has 2 unspecified atom stereocenters. The number of amides is 2. The van der Waals surface area contributed by atoms with Gasteiger partial charge < -0.3 is 20.6 Å². The highest BCUT2D eigenvalue weighted by Crippen LogP contribution is 2.41. The van der Waals surface area contributed by atoms with Crippen LogP contribution in [0.15, 0.2) is 24.3 Å². The van der Waals surface area contributed by atoms with Crippen LogP contribution in [0.25, 0.3) is 0 Å². The quantitative estimate of drug-likeness (QED) is 0.774. The number of carbonyl (C=O) groups is 2. The van der Waals surface area contributed by atoms with Crippen LogP contribution in [-0.4, -0.2) is 47.7 Å². The predicted molar refractivity (Wildman–Crippen MR) is 92.2 cm³/mol. The van der Waals surface area contributed by atoms with Gasteiger partial charge in [-0.25, -0.2) is 4.79 Å². The molecule has 1 aromatic rings. The molecule has 6 heteroatoms. The number of hydrogen-bond donors (Lipinski definition) is 3. The predicted octanol–water partition coefficient (Wildman–Crippen LogP) is 2.48. The second kappa shape index (κ2) is 7.21. The average Bonchev–Trinajstić information content (AvgIpc) is 3.33. The molecule has 0 aromatic heterocycles. The first kappa shape index (κ1) is 16.8. The van der Waals surface area contributed by atoms with Crippen molar-refractivity contribution < 1.29 is 14.7 Å². The Bertz CT molecular complexity index is 594. The molecule has 1 aromatic carbocycles. The van der Waals surface area contributed by atoms with Crippen molar-refractivity contribution in [1.29, 1.82) is 0 Å². The molecule has 1 aliphatic heterocycles. The number of nitrogens with one attached hydrogen (secondary N) is 2. The summed E-state index contributed by atoms with van der Waals surface area (Å²) >= 11 is 0. The Hall–Kier alpha value is -2.08. The van der Waals surface area contributed by atoms with E-state index in [2.05, 4.69) is 22.8 Å². The van der Waals surface area contributed by atoms with Crippen LogP contribution >= 0.6 is 0 Å². The van der Waals surface area contributed by atoms with Gasteiger partial charge in [0.25, 0.3) is 0 Å². The lowest BCUT2D eigenvalue weighted by Gasteiger charge is -2.30. The molecule has 6 nitrogen and oxygen atoms in total. The molecule has 24 heavy (non-hydrogen) atoms. The lowest BCUT2D eigenvalue weighted by atomic mass is 9.97. The lowest BCUT2D eigenvalue weighted by molar-refractivity contribution is -0.114. The van der Waals surface area contributed by atoms with Gasteiger partial charge in [0.15, 0.2) is 0 Å². The topological polar surface area (TPSA) is 81.7 Å². The van der Waals surface area contributed by atoms with Gasteiger partial charge in [-0.05, 0) is 49.4 Å². The number of likely N-dealkylation sites (tertiary alicyclic amines) is 1. The van der Waals surface area contributed by atoms with Crippen molar-refractivity contribution in [3.8, 4) is 0 Å². The minimum Gasteiger partial charge on any atom is -0.465 e. The van der Waals surface area contributed by atoms with Crippen LogP contribution in [0.2, 0.25) is 0 Å². The second-order valence-electron chi connectivity index (χ2n) is 6.87. The summed E-state index contributed by atoms with van der Waals surface area (Å²) in [6.45, 7) is 3.79. The maximum Gasteiger partial charge on any atom is 0.407 e. The molecule has 1 heterocycles. The molecule has 2 atom stereocenters. The number of benzene rings is 1. The van der Waals surface area contributed by atoms with Crippen LogP contribution in [0.1, 0.15) is 37.7 Å². The number of rotatable bonds is 5. The summed E-state index contributed by atoms with van der Waals surface area (Å²) in [5.41, 5.74) is 2.14. The normalized spacial score (nSPS) is 23.8. The monoisotopic (exact) mass is 331 g/mol. The molecule has 1 aliphatic carbocycles. The molecule has 0 bridgehead atoms. The highest BCUT2D eigenvalue weighted by Gasteiger charge is 2.38. The molecule has 3 rings (SSSR count). The number of anilines is 1. The Morgan fingerprint density at radius 2 is 1.88 bits per heavy atom. The van der Waals surface area contributed by atoms with E-state index in [1.807, 2.05) is 12.1 Å². The summed E-state index contributed by atoms with van der Waals surface area (Å²) in [5, 5.41) is 15.4. The number of piperidine rings is 1. The summed E-state index contributed by atoms with van der Waals surface area (Å²) in [6.07, 6.45) is 2.24. The van der Waals surface area contributed by atoms with Crippen LogP contribution in [0.5, 0.6) is 0 Å². The van der Waals surface area contributed by atoms with Crippen molar-refractivity contribution in [3.05, 3.63) is 29.8 Å². The van der Waals surface area contributed by atoms with Crippen molar-refractivity contribution in [2.75, 3.05) is 25.0 Å². The zero-order valence-corrected chi connectivity index (χ0v) is 14.0. The van der Waals surface area contributed by atoms with E-state index in [0.717, 1.165) is 31.5 Å². The molecule has 130 valence electrons. The van der Waals surface area contributed by atoms with E-state index in [1.165, 1.54) is 17.4 Å². The van der Waals surface area contributed by atoms with Crippen LogP contribution in [-0.2, 0) is 4.79 Å². The van der Waals surface area contributed by atoms with Gasteiger partial charge in [-0.15, -0.1) is 0 Å². The average molecular weight is 331 g/mol. The molecule has 2 aliphatic rings. The smallest absolute Gasteiger partial charge is 0.407 e. The molecule has 1 saturated heterocycles.